The number of aromatic amines is 1. The minimum absolute atomic E-state index is 0.224. The Kier molecular flexibility index (Phi) is 4.47. The molecule has 118 valence electrons. The first-order valence-electron chi connectivity index (χ1n) is 7.12. The van der Waals surface area contributed by atoms with Crippen LogP contribution in [0.3, 0.4) is 0 Å². The molecular weight excluding hydrogens is 315 g/mol. The molecule has 0 saturated heterocycles. The number of benzene rings is 1. The Morgan fingerprint density at radius 1 is 1.35 bits per heavy atom. The lowest BCUT2D eigenvalue weighted by Gasteiger charge is -2.01. The number of H-pyrrole nitrogens is 1. The molecule has 23 heavy (non-hydrogen) atoms. The van der Waals surface area contributed by atoms with Crippen molar-refractivity contribution < 1.29 is 9.18 Å². The fraction of sp³-hybridized carbons (Fsp3) is 0.188. The average molecular weight is 330 g/mol. The normalized spacial score (nSPS) is 10.7. The van der Waals surface area contributed by atoms with Crippen LogP contribution in [0, 0.1) is 12.7 Å². The van der Waals surface area contributed by atoms with E-state index in [-0.39, 0.29) is 11.7 Å². The molecule has 0 radical (unpaired) electrons. The lowest BCUT2D eigenvalue weighted by atomic mass is 10.1. The topological polar surface area (TPSA) is 70.7 Å². The van der Waals surface area contributed by atoms with E-state index in [9.17, 15) is 9.18 Å². The third kappa shape index (κ3) is 3.81. The van der Waals surface area contributed by atoms with Gasteiger partial charge in [0.05, 0.1) is 16.4 Å². The number of nitrogens with one attached hydrogen (secondary N) is 2. The molecule has 3 aromatic rings. The maximum atomic E-state index is 12.9. The first-order valence-corrected chi connectivity index (χ1v) is 8.00. The molecule has 2 N–H and O–H groups in total. The summed E-state index contributed by atoms with van der Waals surface area (Å²) in [5, 5.41) is 12.6. The van der Waals surface area contributed by atoms with E-state index in [0.29, 0.717) is 24.4 Å². The number of amides is 1. The number of carbonyl (C=O) groups is 1. The second-order valence-electron chi connectivity index (χ2n) is 5.04. The van der Waals surface area contributed by atoms with E-state index in [4.69, 9.17) is 0 Å². The van der Waals surface area contributed by atoms with E-state index in [0.717, 1.165) is 16.3 Å². The molecule has 1 aromatic carbocycles. The minimum atomic E-state index is -0.306. The van der Waals surface area contributed by atoms with Crippen molar-refractivity contribution in [2.75, 3.05) is 6.54 Å². The fourth-order valence-corrected chi connectivity index (χ4v) is 2.78. The molecule has 2 heterocycles. The van der Waals surface area contributed by atoms with Gasteiger partial charge in [-0.1, -0.05) is 0 Å². The Morgan fingerprint density at radius 3 is 2.83 bits per heavy atom. The van der Waals surface area contributed by atoms with Gasteiger partial charge in [0.2, 0.25) is 0 Å². The highest BCUT2D eigenvalue weighted by atomic mass is 32.1. The molecule has 0 aliphatic rings. The summed E-state index contributed by atoms with van der Waals surface area (Å²) in [6.45, 7) is 2.46. The van der Waals surface area contributed by atoms with Gasteiger partial charge in [0, 0.05) is 23.9 Å². The lowest BCUT2D eigenvalue weighted by Crippen LogP contribution is -2.26. The van der Waals surface area contributed by atoms with Crippen LogP contribution in [0.2, 0.25) is 0 Å². The van der Waals surface area contributed by atoms with Gasteiger partial charge in [0.25, 0.3) is 5.91 Å². The zero-order valence-electron chi connectivity index (χ0n) is 12.5. The molecule has 0 aliphatic heterocycles. The van der Waals surface area contributed by atoms with Gasteiger partial charge in [0.1, 0.15) is 11.5 Å². The number of hydrogen-bond donors (Lipinski definition) is 2. The molecule has 0 unspecified atom stereocenters. The number of rotatable bonds is 5. The molecule has 0 aliphatic carbocycles. The van der Waals surface area contributed by atoms with Crippen molar-refractivity contribution in [3.05, 3.63) is 57.9 Å². The summed E-state index contributed by atoms with van der Waals surface area (Å²) in [6.07, 6.45) is 0.690. The van der Waals surface area contributed by atoms with Crippen LogP contribution in [-0.2, 0) is 6.42 Å². The number of thiazole rings is 1. The first kappa shape index (κ1) is 15.4. The highest BCUT2D eigenvalue weighted by Gasteiger charge is 2.11. The predicted octanol–water partition coefficient (Wildman–Crippen LogP) is 2.95. The van der Waals surface area contributed by atoms with Crippen molar-refractivity contribution in [1.29, 1.82) is 0 Å². The number of aromatic nitrogens is 3. The average Bonchev–Trinajstić information content (AvgIpc) is 3.17. The van der Waals surface area contributed by atoms with Gasteiger partial charge in [-0.25, -0.2) is 9.37 Å². The van der Waals surface area contributed by atoms with Crippen molar-refractivity contribution in [1.82, 2.24) is 20.5 Å². The summed E-state index contributed by atoms with van der Waals surface area (Å²) in [5.74, 6) is -0.530. The van der Waals surface area contributed by atoms with Crippen LogP contribution < -0.4 is 5.32 Å². The van der Waals surface area contributed by atoms with Gasteiger partial charge < -0.3 is 5.32 Å². The fourth-order valence-electron chi connectivity index (χ4n) is 2.13. The lowest BCUT2D eigenvalue weighted by molar-refractivity contribution is 0.0949. The summed E-state index contributed by atoms with van der Waals surface area (Å²) in [4.78, 5) is 16.4. The van der Waals surface area contributed by atoms with Crippen LogP contribution in [0.5, 0.6) is 0 Å². The molecule has 0 atom stereocenters. The summed E-state index contributed by atoms with van der Waals surface area (Å²) in [5.41, 5.74) is 2.70. The van der Waals surface area contributed by atoms with E-state index in [2.05, 4.69) is 20.5 Å². The zero-order valence-corrected chi connectivity index (χ0v) is 13.3. The molecular formula is C16H15FN4OS. The van der Waals surface area contributed by atoms with Crippen molar-refractivity contribution in [3.63, 3.8) is 0 Å². The number of carbonyl (C=O) groups excluding carboxylic acids is 1. The van der Waals surface area contributed by atoms with E-state index >= 15 is 0 Å². The van der Waals surface area contributed by atoms with E-state index < -0.39 is 0 Å². The van der Waals surface area contributed by atoms with Gasteiger partial charge in [-0.2, -0.15) is 5.10 Å². The SMILES string of the molecule is Cc1nc(CCNC(=O)c2cc(-c3ccc(F)cc3)n[nH]2)cs1. The molecule has 0 saturated carbocycles. The van der Waals surface area contributed by atoms with Gasteiger partial charge in [0.15, 0.2) is 0 Å². The van der Waals surface area contributed by atoms with Crippen molar-refractivity contribution >= 4 is 17.2 Å². The number of halogens is 1. The van der Waals surface area contributed by atoms with Gasteiger partial charge in [-0.3, -0.25) is 9.89 Å². The van der Waals surface area contributed by atoms with Gasteiger partial charge >= 0.3 is 0 Å². The molecule has 5 nitrogen and oxygen atoms in total. The molecule has 0 bridgehead atoms. The summed E-state index contributed by atoms with van der Waals surface area (Å²) in [7, 11) is 0. The minimum Gasteiger partial charge on any atom is -0.350 e. The molecule has 7 heteroatoms. The van der Waals surface area contributed by atoms with E-state index in [1.807, 2.05) is 12.3 Å². The van der Waals surface area contributed by atoms with Crippen molar-refractivity contribution in [2.45, 2.75) is 13.3 Å². The third-order valence-electron chi connectivity index (χ3n) is 3.30. The Bertz CT molecular complexity index is 810. The smallest absolute Gasteiger partial charge is 0.269 e. The van der Waals surface area contributed by atoms with Crippen molar-refractivity contribution in [2.24, 2.45) is 0 Å². The van der Waals surface area contributed by atoms with Crippen LogP contribution in [0.15, 0.2) is 35.7 Å². The summed E-state index contributed by atoms with van der Waals surface area (Å²) < 4.78 is 12.9. The van der Waals surface area contributed by atoms with Crippen molar-refractivity contribution in [3.8, 4) is 11.3 Å². The standard InChI is InChI=1S/C16H15FN4OS/c1-10-19-13(9-23-10)6-7-18-16(22)15-8-14(20-21-15)11-2-4-12(17)5-3-11/h2-5,8-9H,6-7H2,1H3,(H,18,22)(H,20,21). The molecule has 1 amide bonds. The second-order valence-corrected chi connectivity index (χ2v) is 6.10. The van der Waals surface area contributed by atoms with Crippen LogP contribution in [0.25, 0.3) is 11.3 Å². The number of nitrogens with zero attached hydrogens (tertiary/aromatic N) is 2. The Hall–Kier alpha value is -2.54. The van der Waals surface area contributed by atoms with Gasteiger partial charge in [-0.05, 0) is 37.3 Å². The number of hydrogen-bond acceptors (Lipinski definition) is 4. The quantitative estimate of drug-likeness (QED) is 0.755. The van der Waals surface area contributed by atoms with Gasteiger partial charge in [-0.15, -0.1) is 11.3 Å². The largest absolute Gasteiger partial charge is 0.350 e. The summed E-state index contributed by atoms with van der Waals surface area (Å²) >= 11 is 1.59. The van der Waals surface area contributed by atoms with Crippen LogP contribution in [0.1, 0.15) is 21.2 Å². The molecule has 0 fully saturated rings. The third-order valence-corrected chi connectivity index (χ3v) is 4.12. The second kappa shape index (κ2) is 6.70. The maximum Gasteiger partial charge on any atom is 0.269 e. The van der Waals surface area contributed by atoms with Crippen LogP contribution >= 0.6 is 11.3 Å². The Balaban J connectivity index is 1.58. The highest BCUT2D eigenvalue weighted by molar-refractivity contribution is 7.09. The Labute approximate surface area is 136 Å². The maximum absolute atomic E-state index is 12.9. The van der Waals surface area contributed by atoms with Crippen LogP contribution in [0.4, 0.5) is 4.39 Å². The van der Waals surface area contributed by atoms with Crippen LogP contribution in [-0.4, -0.2) is 27.6 Å². The van der Waals surface area contributed by atoms with E-state index in [1.54, 1.807) is 29.5 Å². The zero-order chi connectivity index (χ0) is 16.2. The highest BCUT2D eigenvalue weighted by Crippen LogP contribution is 2.18. The number of aryl methyl sites for hydroxylation is 1. The molecule has 2 aromatic heterocycles. The summed E-state index contributed by atoms with van der Waals surface area (Å²) in [6, 6.07) is 7.62. The monoisotopic (exact) mass is 330 g/mol. The first-order chi connectivity index (χ1) is 11.1. The molecule has 3 rings (SSSR count). The predicted molar refractivity (Wildman–Crippen MR) is 86.9 cm³/mol. The van der Waals surface area contributed by atoms with E-state index in [1.165, 1.54) is 12.1 Å². The molecule has 0 spiro atoms. The Morgan fingerprint density at radius 2 is 2.13 bits per heavy atom.